The van der Waals surface area contributed by atoms with Gasteiger partial charge in [0.2, 0.25) is 0 Å². The molecule has 114 valence electrons. The van der Waals surface area contributed by atoms with Crippen molar-refractivity contribution in [2.24, 2.45) is 0 Å². The summed E-state index contributed by atoms with van der Waals surface area (Å²) in [4.78, 5) is 12.2. The second-order valence-electron chi connectivity index (χ2n) is 5.49. The zero-order chi connectivity index (χ0) is 15.4. The minimum atomic E-state index is -0.493. The maximum atomic E-state index is 12.2. The molecule has 2 aromatic rings. The van der Waals surface area contributed by atoms with E-state index in [-0.39, 0.29) is 11.9 Å². The number of morpholine rings is 1. The number of benzene rings is 2. The third kappa shape index (κ3) is 3.67. The number of hydrogen-bond acceptors (Lipinski definition) is 2. The lowest BCUT2D eigenvalue weighted by Gasteiger charge is -2.29. The second-order valence-corrected chi connectivity index (χ2v) is 5.93. The normalized spacial score (nSPS) is 21.4. The topological polar surface area (TPSA) is 38.3 Å². The largest absolute Gasteiger partial charge is 0.361 e. The Morgan fingerprint density at radius 1 is 1.09 bits per heavy atom. The number of carbonyl (C=O) groups excluding carboxylic acids is 1. The Hall–Kier alpha value is -1.84. The van der Waals surface area contributed by atoms with Gasteiger partial charge in [-0.3, -0.25) is 4.79 Å². The van der Waals surface area contributed by atoms with Gasteiger partial charge in [-0.15, -0.1) is 0 Å². The molecule has 1 fully saturated rings. The van der Waals surface area contributed by atoms with Crippen molar-refractivity contribution in [3.8, 4) is 0 Å². The Balaban J connectivity index is 1.54. The van der Waals surface area contributed by atoms with E-state index in [0.717, 1.165) is 23.4 Å². The third-order valence-corrected chi connectivity index (χ3v) is 4.10. The van der Waals surface area contributed by atoms with E-state index in [1.54, 1.807) is 0 Å². The average molecular weight is 316 g/mol. The van der Waals surface area contributed by atoms with Crippen LogP contribution in [-0.2, 0) is 16.0 Å². The van der Waals surface area contributed by atoms with Crippen LogP contribution in [0.15, 0.2) is 54.6 Å². The van der Waals surface area contributed by atoms with E-state index in [1.165, 1.54) is 5.56 Å². The maximum absolute atomic E-state index is 12.2. The molecule has 0 saturated carbocycles. The molecule has 1 saturated heterocycles. The molecular formula is C18H18ClNO2. The lowest BCUT2D eigenvalue weighted by molar-refractivity contribution is -0.141. The molecule has 0 radical (unpaired) electrons. The molecule has 1 unspecified atom stereocenters. The van der Waals surface area contributed by atoms with E-state index in [1.807, 2.05) is 54.6 Å². The fraction of sp³-hybridized carbons (Fsp3) is 0.278. The number of rotatable bonds is 4. The van der Waals surface area contributed by atoms with Crippen LogP contribution in [0.3, 0.4) is 0 Å². The van der Waals surface area contributed by atoms with E-state index in [4.69, 9.17) is 16.3 Å². The van der Waals surface area contributed by atoms with Crippen LogP contribution in [0.5, 0.6) is 0 Å². The molecule has 0 spiro atoms. The number of nitrogens with one attached hydrogen (secondary N) is 1. The number of amides is 1. The van der Waals surface area contributed by atoms with E-state index in [0.29, 0.717) is 6.61 Å². The summed E-state index contributed by atoms with van der Waals surface area (Å²) in [6.07, 6.45) is 1.25. The van der Waals surface area contributed by atoms with Crippen molar-refractivity contribution in [2.75, 3.05) is 6.61 Å². The number of halogens is 1. The zero-order valence-corrected chi connectivity index (χ0v) is 12.9. The Morgan fingerprint density at radius 2 is 1.82 bits per heavy atom. The molecule has 1 heterocycles. The van der Waals surface area contributed by atoms with Crippen molar-refractivity contribution in [2.45, 2.75) is 25.0 Å². The van der Waals surface area contributed by atoms with Crippen LogP contribution in [0.4, 0.5) is 0 Å². The summed E-state index contributed by atoms with van der Waals surface area (Å²) in [5.74, 6) is -0.0569. The van der Waals surface area contributed by atoms with Gasteiger partial charge in [0, 0.05) is 5.02 Å². The summed E-state index contributed by atoms with van der Waals surface area (Å²) in [5, 5.41) is 3.80. The van der Waals surface area contributed by atoms with Gasteiger partial charge in [0.1, 0.15) is 0 Å². The van der Waals surface area contributed by atoms with Gasteiger partial charge < -0.3 is 10.1 Å². The molecule has 1 amide bonds. The van der Waals surface area contributed by atoms with Crippen LogP contribution < -0.4 is 5.32 Å². The lowest BCUT2D eigenvalue weighted by Crippen LogP contribution is -2.47. The van der Waals surface area contributed by atoms with Crippen molar-refractivity contribution in [3.63, 3.8) is 0 Å². The summed E-state index contributed by atoms with van der Waals surface area (Å²) in [5.41, 5.74) is 2.11. The van der Waals surface area contributed by atoms with Crippen LogP contribution in [0, 0.1) is 0 Å². The summed E-state index contributed by atoms with van der Waals surface area (Å²) >= 11 is 5.88. The number of aryl methyl sites for hydroxylation is 1. The molecule has 1 aliphatic rings. The summed E-state index contributed by atoms with van der Waals surface area (Å²) in [6.45, 7) is 0.541. The molecule has 2 atom stereocenters. The first-order valence-electron chi connectivity index (χ1n) is 7.44. The Kier molecular flexibility index (Phi) is 4.76. The van der Waals surface area contributed by atoms with E-state index in [9.17, 15) is 4.79 Å². The average Bonchev–Trinajstić information content (AvgIpc) is 2.55. The highest BCUT2D eigenvalue weighted by atomic mass is 35.5. The number of ether oxygens (including phenoxy) is 1. The number of carbonyl (C=O) groups is 1. The molecule has 0 aliphatic carbocycles. The van der Waals surface area contributed by atoms with Gasteiger partial charge in [-0.25, -0.2) is 0 Å². The minimum absolute atomic E-state index is 0.0569. The third-order valence-electron chi connectivity index (χ3n) is 3.85. The molecular weight excluding hydrogens is 298 g/mol. The SMILES string of the molecule is O=C1N[C@@H](CCc2ccc(Cl)cc2)COC1c1ccccc1. The zero-order valence-electron chi connectivity index (χ0n) is 12.2. The van der Waals surface area contributed by atoms with E-state index >= 15 is 0 Å². The van der Waals surface area contributed by atoms with Gasteiger partial charge in [-0.1, -0.05) is 54.1 Å². The van der Waals surface area contributed by atoms with Crippen LogP contribution in [0.2, 0.25) is 5.02 Å². The smallest absolute Gasteiger partial charge is 0.254 e. The highest BCUT2D eigenvalue weighted by Crippen LogP contribution is 2.22. The Labute approximate surface area is 135 Å². The van der Waals surface area contributed by atoms with Gasteiger partial charge in [-0.05, 0) is 36.1 Å². The fourth-order valence-electron chi connectivity index (χ4n) is 2.63. The summed E-state index contributed by atoms with van der Waals surface area (Å²) < 4.78 is 5.76. The standard InChI is InChI=1S/C18H18ClNO2/c19-15-9-6-13(7-10-15)8-11-16-12-22-17(18(21)20-16)14-4-2-1-3-5-14/h1-7,9-10,16-17H,8,11-12H2,(H,20,21)/t16-,17?/m0/s1. The van der Waals surface area contributed by atoms with Crippen LogP contribution in [0.1, 0.15) is 23.7 Å². The van der Waals surface area contributed by atoms with Crippen LogP contribution >= 0.6 is 11.6 Å². The highest BCUT2D eigenvalue weighted by Gasteiger charge is 2.29. The molecule has 1 N–H and O–H groups in total. The number of hydrogen-bond donors (Lipinski definition) is 1. The molecule has 3 rings (SSSR count). The fourth-order valence-corrected chi connectivity index (χ4v) is 2.76. The summed E-state index contributed by atoms with van der Waals surface area (Å²) in [7, 11) is 0. The molecule has 2 aromatic carbocycles. The van der Waals surface area contributed by atoms with E-state index in [2.05, 4.69) is 5.32 Å². The van der Waals surface area contributed by atoms with Gasteiger partial charge >= 0.3 is 0 Å². The predicted octanol–water partition coefficient (Wildman–Crippen LogP) is 3.53. The predicted molar refractivity (Wildman–Crippen MR) is 86.8 cm³/mol. The molecule has 0 aromatic heterocycles. The van der Waals surface area contributed by atoms with Crippen LogP contribution in [0.25, 0.3) is 0 Å². The van der Waals surface area contributed by atoms with Crippen LogP contribution in [-0.4, -0.2) is 18.6 Å². The van der Waals surface area contributed by atoms with E-state index < -0.39 is 6.10 Å². The van der Waals surface area contributed by atoms with Crippen molar-refractivity contribution >= 4 is 17.5 Å². The van der Waals surface area contributed by atoms with Gasteiger partial charge in [0.25, 0.3) is 5.91 Å². The quantitative estimate of drug-likeness (QED) is 0.937. The Bertz CT molecular complexity index is 627. The molecule has 1 aliphatic heterocycles. The van der Waals surface area contributed by atoms with Gasteiger partial charge in [0.15, 0.2) is 6.10 Å². The highest BCUT2D eigenvalue weighted by molar-refractivity contribution is 6.30. The van der Waals surface area contributed by atoms with Gasteiger partial charge in [-0.2, -0.15) is 0 Å². The first kappa shape index (κ1) is 15.1. The first-order valence-corrected chi connectivity index (χ1v) is 7.81. The minimum Gasteiger partial charge on any atom is -0.361 e. The first-order chi connectivity index (χ1) is 10.7. The summed E-state index contributed by atoms with van der Waals surface area (Å²) in [6, 6.07) is 17.5. The maximum Gasteiger partial charge on any atom is 0.254 e. The lowest BCUT2D eigenvalue weighted by atomic mass is 10.0. The second kappa shape index (κ2) is 6.95. The van der Waals surface area contributed by atoms with Crippen molar-refractivity contribution in [3.05, 3.63) is 70.7 Å². The Morgan fingerprint density at radius 3 is 2.50 bits per heavy atom. The molecule has 3 nitrogen and oxygen atoms in total. The molecule has 22 heavy (non-hydrogen) atoms. The molecule has 4 heteroatoms. The monoisotopic (exact) mass is 315 g/mol. The van der Waals surface area contributed by atoms with Crippen molar-refractivity contribution < 1.29 is 9.53 Å². The molecule has 0 bridgehead atoms. The van der Waals surface area contributed by atoms with Gasteiger partial charge in [0.05, 0.1) is 12.6 Å². The van der Waals surface area contributed by atoms with Crippen molar-refractivity contribution in [1.29, 1.82) is 0 Å². The van der Waals surface area contributed by atoms with Crippen molar-refractivity contribution in [1.82, 2.24) is 5.32 Å².